The van der Waals surface area contributed by atoms with Crippen molar-refractivity contribution in [3.8, 4) is 22.6 Å². The minimum Gasteiger partial charge on any atom is -0.454 e. The Hall–Kier alpha value is -3.02. The zero-order valence-electron chi connectivity index (χ0n) is 18.8. The fraction of sp³-hybridized carbons (Fsp3) is 0.250. The molecule has 1 aliphatic heterocycles. The van der Waals surface area contributed by atoms with Crippen LogP contribution < -0.4 is 9.47 Å². The smallest absolute Gasteiger partial charge is 0.231 e. The third kappa shape index (κ3) is 4.56. The summed E-state index contributed by atoms with van der Waals surface area (Å²) < 4.78 is 13.1. The van der Waals surface area contributed by atoms with Crippen LogP contribution in [-0.2, 0) is 16.6 Å². The summed E-state index contributed by atoms with van der Waals surface area (Å²) in [4.78, 5) is 14.5. The van der Waals surface area contributed by atoms with Crippen molar-refractivity contribution < 1.29 is 14.3 Å². The predicted octanol–water partition coefficient (Wildman–Crippen LogP) is 6.05. The number of rotatable bonds is 9. The van der Waals surface area contributed by atoms with E-state index in [1.807, 2.05) is 36.4 Å². The van der Waals surface area contributed by atoms with Crippen molar-refractivity contribution in [3.05, 3.63) is 90.5 Å². The van der Waals surface area contributed by atoms with Crippen LogP contribution in [0.2, 0.25) is 0 Å². The van der Waals surface area contributed by atoms with Gasteiger partial charge in [0, 0.05) is 17.9 Å². The average Bonchev–Trinajstić information content (AvgIpc) is 3.51. The molecule has 2 aliphatic rings. The molecule has 1 saturated carbocycles. The number of Topliss-reactive ketones (excluding diaryl/α,β-unsaturated/α-hetero) is 1. The van der Waals surface area contributed by atoms with E-state index in [1.165, 1.54) is 4.90 Å². The van der Waals surface area contributed by atoms with Crippen LogP contribution in [0.4, 0.5) is 0 Å². The number of ketones is 1. The standard InChI is InChI=1S/C28H27NO3S/c1-3-15-29(2)33-24-10-7-21(8-11-24)22-6-4-5-20(16-22)17-27(30)28(13-14-28)23-9-12-25-26(18-23)32-19-31-25/h3-12,16,18H,1,13-15,17,19H2,2H3. The quantitative estimate of drug-likeness (QED) is 0.289. The van der Waals surface area contributed by atoms with E-state index in [1.54, 1.807) is 11.9 Å². The number of benzene rings is 3. The summed E-state index contributed by atoms with van der Waals surface area (Å²) in [7, 11) is 2.05. The molecule has 168 valence electrons. The summed E-state index contributed by atoms with van der Waals surface area (Å²) in [5, 5.41) is 0. The van der Waals surface area contributed by atoms with Crippen LogP contribution in [0.25, 0.3) is 11.1 Å². The van der Waals surface area contributed by atoms with Gasteiger partial charge in [-0.15, -0.1) is 6.58 Å². The molecule has 3 aromatic carbocycles. The maximum Gasteiger partial charge on any atom is 0.231 e. The highest BCUT2D eigenvalue weighted by molar-refractivity contribution is 7.97. The summed E-state index contributed by atoms with van der Waals surface area (Å²) in [6.07, 6.45) is 4.12. The molecule has 0 N–H and O–H groups in total. The summed E-state index contributed by atoms with van der Waals surface area (Å²) in [5.74, 6) is 1.77. The largest absolute Gasteiger partial charge is 0.454 e. The number of hydrogen-bond donors (Lipinski definition) is 0. The van der Waals surface area contributed by atoms with E-state index in [0.29, 0.717) is 6.42 Å². The van der Waals surface area contributed by atoms with Gasteiger partial charge in [-0.05, 0) is 78.4 Å². The van der Waals surface area contributed by atoms with Gasteiger partial charge in [-0.3, -0.25) is 4.79 Å². The topological polar surface area (TPSA) is 38.8 Å². The lowest BCUT2D eigenvalue weighted by molar-refractivity contribution is -0.120. The number of nitrogens with zero attached hydrogens (tertiary/aromatic N) is 1. The Labute approximate surface area is 199 Å². The molecule has 0 bridgehead atoms. The van der Waals surface area contributed by atoms with Gasteiger partial charge >= 0.3 is 0 Å². The van der Waals surface area contributed by atoms with Crippen LogP contribution in [0.5, 0.6) is 11.5 Å². The highest BCUT2D eigenvalue weighted by Gasteiger charge is 2.50. The molecular weight excluding hydrogens is 430 g/mol. The monoisotopic (exact) mass is 457 g/mol. The molecule has 5 heteroatoms. The molecule has 1 fully saturated rings. The van der Waals surface area contributed by atoms with Gasteiger partial charge in [-0.2, -0.15) is 0 Å². The number of likely N-dealkylation sites (N-methyl/N-ethyl adjacent to an activating group) is 1. The summed E-state index contributed by atoms with van der Waals surface area (Å²) in [6, 6.07) is 22.8. The van der Waals surface area contributed by atoms with E-state index < -0.39 is 0 Å². The van der Waals surface area contributed by atoms with Crippen LogP contribution in [0, 0.1) is 0 Å². The average molecular weight is 458 g/mol. The first-order valence-electron chi connectivity index (χ1n) is 11.2. The molecule has 1 heterocycles. The number of hydrogen-bond acceptors (Lipinski definition) is 5. The molecule has 0 unspecified atom stereocenters. The Bertz CT molecular complexity index is 1180. The Morgan fingerprint density at radius 2 is 1.82 bits per heavy atom. The molecule has 0 aromatic heterocycles. The summed E-state index contributed by atoms with van der Waals surface area (Å²) in [5.41, 5.74) is 3.99. The van der Waals surface area contributed by atoms with Crippen molar-refractivity contribution in [1.29, 1.82) is 0 Å². The van der Waals surface area contributed by atoms with E-state index >= 15 is 0 Å². The molecule has 0 saturated heterocycles. The van der Waals surface area contributed by atoms with Crippen molar-refractivity contribution in [1.82, 2.24) is 4.31 Å². The second kappa shape index (κ2) is 9.08. The molecule has 4 nitrogen and oxygen atoms in total. The van der Waals surface area contributed by atoms with Gasteiger partial charge in [0.25, 0.3) is 0 Å². The molecule has 3 aromatic rings. The van der Waals surface area contributed by atoms with E-state index in [-0.39, 0.29) is 18.0 Å². The Morgan fingerprint density at radius 1 is 1.03 bits per heavy atom. The number of ether oxygens (including phenoxy) is 2. The lowest BCUT2D eigenvalue weighted by Crippen LogP contribution is -2.22. The highest BCUT2D eigenvalue weighted by Crippen LogP contribution is 2.51. The predicted molar refractivity (Wildman–Crippen MR) is 133 cm³/mol. The highest BCUT2D eigenvalue weighted by atomic mass is 32.2. The second-order valence-corrected chi connectivity index (χ2v) is 9.94. The van der Waals surface area contributed by atoms with Crippen molar-refractivity contribution >= 4 is 17.7 Å². The van der Waals surface area contributed by atoms with E-state index in [2.05, 4.69) is 54.3 Å². The summed E-state index contributed by atoms with van der Waals surface area (Å²) in [6.45, 7) is 4.86. The van der Waals surface area contributed by atoms with Crippen molar-refractivity contribution in [3.63, 3.8) is 0 Å². The zero-order valence-corrected chi connectivity index (χ0v) is 19.6. The first kappa shape index (κ1) is 21.8. The fourth-order valence-corrected chi connectivity index (χ4v) is 5.17. The maximum absolute atomic E-state index is 13.4. The third-order valence-corrected chi connectivity index (χ3v) is 7.28. The Morgan fingerprint density at radius 3 is 2.58 bits per heavy atom. The van der Waals surface area contributed by atoms with Crippen molar-refractivity contribution in [2.24, 2.45) is 0 Å². The first-order valence-corrected chi connectivity index (χ1v) is 12.0. The Kier molecular flexibility index (Phi) is 6.00. The Balaban J connectivity index is 1.30. The van der Waals surface area contributed by atoms with E-state index in [9.17, 15) is 4.79 Å². The zero-order chi connectivity index (χ0) is 22.8. The van der Waals surface area contributed by atoms with Crippen LogP contribution in [0.15, 0.2) is 84.3 Å². The van der Waals surface area contributed by atoms with Crippen molar-refractivity contribution in [2.75, 3.05) is 20.4 Å². The van der Waals surface area contributed by atoms with Gasteiger partial charge in [0.2, 0.25) is 6.79 Å². The maximum atomic E-state index is 13.4. The van der Waals surface area contributed by atoms with E-state index in [0.717, 1.165) is 53.1 Å². The van der Waals surface area contributed by atoms with Crippen LogP contribution >= 0.6 is 11.9 Å². The summed E-state index contributed by atoms with van der Waals surface area (Å²) >= 11 is 1.70. The normalized spacial score (nSPS) is 15.5. The lowest BCUT2D eigenvalue weighted by Gasteiger charge is -2.16. The third-order valence-electron chi connectivity index (χ3n) is 6.34. The van der Waals surface area contributed by atoms with Gasteiger partial charge in [-0.1, -0.05) is 48.5 Å². The van der Waals surface area contributed by atoms with Crippen LogP contribution in [-0.4, -0.2) is 30.5 Å². The van der Waals surface area contributed by atoms with Gasteiger partial charge in [0.15, 0.2) is 11.5 Å². The molecule has 0 radical (unpaired) electrons. The number of fused-ring (bicyclic) bond motifs is 1. The lowest BCUT2D eigenvalue weighted by atomic mass is 9.87. The molecule has 5 rings (SSSR count). The number of carbonyl (C=O) groups is 1. The molecular formula is C28H27NO3S. The molecule has 1 aliphatic carbocycles. The van der Waals surface area contributed by atoms with Gasteiger partial charge in [0.1, 0.15) is 5.78 Å². The molecule has 33 heavy (non-hydrogen) atoms. The van der Waals surface area contributed by atoms with Gasteiger partial charge in [-0.25, -0.2) is 4.31 Å². The molecule has 0 amide bonds. The van der Waals surface area contributed by atoms with Gasteiger partial charge < -0.3 is 9.47 Å². The van der Waals surface area contributed by atoms with Gasteiger partial charge in [0.05, 0.1) is 5.41 Å². The SMILES string of the molecule is C=CCN(C)Sc1ccc(-c2cccc(CC(=O)C3(c4ccc5c(c4)OCO5)CC3)c2)cc1. The molecule has 0 spiro atoms. The number of carbonyl (C=O) groups excluding carboxylic acids is 1. The fourth-order valence-electron chi connectivity index (χ4n) is 4.37. The second-order valence-electron chi connectivity index (χ2n) is 8.67. The first-order chi connectivity index (χ1) is 16.1. The minimum absolute atomic E-state index is 0.248. The van der Waals surface area contributed by atoms with Crippen molar-refractivity contribution in [2.45, 2.75) is 29.6 Å². The minimum atomic E-state index is -0.382. The molecule has 0 atom stereocenters. The van der Waals surface area contributed by atoms with Crippen LogP contribution in [0.1, 0.15) is 24.0 Å². The van der Waals surface area contributed by atoms with E-state index in [4.69, 9.17) is 9.47 Å². The van der Waals surface area contributed by atoms with Crippen LogP contribution in [0.3, 0.4) is 0 Å².